The first kappa shape index (κ1) is 12.3. The predicted octanol–water partition coefficient (Wildman–Crippen LogP) is -0.588. The van der Waals surface area contributed by atoms with Crippen LogP contribution in [0.1, 0.15) is 6.42 Å². The Kier molecular flexibility index (Phi) is 3.95. The summed E-state index contributed by atoms with van der Waals surface area (Å²) in [4.78, 5) is 10.3. The van der Waals surface area contributed by atoms with Crippen molar-refractivity contribution in [3.8, 4) is 0 Å². The molecule has 0 amide bonds. The lowest BCUT2D eigenvalue weighted by Crippen LogP contribution is -2.37. The highest BCUT2D eigenvalue weighted by Gasteiger charge is 2.39. The normalized spacial score (nSPS) is 26.5. The lowest BCUT2D eigenvalue weighted by Gasteiger charge is -2.12. The molecule has 2 atom stereocenters. The van der Waals surface area contributed by atoms with E-state index in [1.165, 1.54) is 0 Å². The van der Waals surface area contributed by atoms with Crippen LogP contribution in [0.2, 0.25) is 0 Å². The second kappa shape index (κ2) is 4.82. The molecule has 0 spiro atoms. The monoisotopic (exact) mass is 224 g/mol. The molecule has 0 aromatic heterocycles. The average molecular weight is 224 g/mol. The number of ether oxygens (including phenoxy) is 1. The Morgan fingerprint density at radius 3 is 2.87 bits per heavy atom. The molecule has 1 saturated heterocycles. The number of hydrogen-bond acceptors (Lipinski definition) is 4. The molecule has 0 bridgehead atoms. The van der Waals surface area contributed by atoms with Crippen LogP contribution in [0.3, 0.4) is 0 Å². The number of carbonyl (C=O) groups is 1. The van der Waals surface area contributed by atoms with Gasteiger partial charge in [0.15, 0.2) is 0 Å². The number of carboxylic acid groups (broad SMARTS) is 1. The fraction of sp³-hybridized carbons (Fsp3) is 0.875. The third-order valence-electron chi connectivity index (χ3n) is 2.13. The van der Waals surface area contributed by atoms with Crippen LogP contribution in [-0.2, 0) is 9.53 Å². The number of nitrogens with two attached hydrogens (primary N) is 1. The predicted molar refractivity (Wildman–Crippen MR) is 47.8 cm³/mol. The Hall–Kier alpha value is -0.790. The molecule has 0 aromatic carbocycles. The van der Waals surface area contributed by atoms with Gasteiger partial charge in [-0.05, 0) is 0 Å². The molecule has 0 saturated carbocycles. The zero-order valence-corrected chi connectivity index (χ0v) is 8.08. The van der Waals surface area contributed by atoms with Crippen molar-refractivity contribution < 1.29 is 23.4 Å². The molecule has 1 unspecified atom stereocenters. The Morgan fingerprint density at radius 2 is 2.40 bits per heavy atom. The van der Waals surface area contributed by atoms with Crippen molar-refractivity contribution in [1.29, 1.82) is 0 Å². The maximum absolute atomic E-state index is 12.7. The molecule has 0 aromatic rings. The van der Waals surface area contributed by atoms with Gasteiger partial charge in [0.25, 0.3) is 5.92 Å². The van der Waals surface area contributed by atoms with Gasteiger partial charge in [0, 0.05) is 12.5 Å². The highest BCUT2D eigenvalue weighted by Crippen LogP contribution is 2.24. The molecule has 1 rings (SSSR count). The van der Waals surface area contributed by atoms with Gasteiger partial charge in [-0.25, -0.2) is 8.78 Å². The third-order valence-corrected chi connectivity index (χ3v) is 2.13. The molecule has 0 aliphatic carbocycles. The molecule has 4 N–H and O–H groups in total. The van der Waals surface area contributed by atoms with E-state index in [-0.39, 0.29) is 26.2 Å². The largest absolute Gasteiger partial charge is 0.480 e. The van der Waals surface area contributed by atoms with E-state index < -0.39 is 24.0 Å². The van der Waals surface area contributed by atoms with E-state index in [1.807, 2.05) is 0 Å². The molecule has 0 radical (unpaired) electrons. The number of rotatable bonds is 5. The van der Waals surface area contributed by atoms with Gasteiger partial charge in [-0.1, -0.05) is 0 Å². The summed E-state index contributed by atoms with van der Waals surface area (Å²) in [7, 11) is 0. The van der Waals surface area contributed by atoms with Crippen molar-refractivity contribution in [3.63, 3.8) is 0 Å². The van der Waals surface area contributed by atoms with Gasteiger partial charge >= 0.3 is 5.97 Å². The number of halogens is 2. The molecule has 1 fully saturated rings. The number of aliphatic carboxylic acids is 1. The highest BCUT2D eigenvalue weighted by atomic mass is 19.3. The van der Waals surface area contributed by atoms with Crippen molar-refractivity contribution in [3.05, 3.63) is 0 Å². The second-order valence-electron chi connectivity index (χ2n) is 3.62. The van der Waals surface area contributed by atoms with Crippen molar-refractivity contribution in [2.24, 2.45) is 5.73 Å². The van der Waals surface area contributed by atoms with Crippen molar-refractivity contribution in [2.45, 2.75) is 24.4 Å². The zero-order valence-electron chi connectivity index (χ0n) is 8.08. The summed E-state index contributed by atoms with van der Waals surface area (Å²) < 4.78 is 30.3. The lowest BCUT2D eigenvalue weighted by atomic mass is 10.2. The summed E-state index contributed by atoms with van der Waals surface area (Å²) in [6.07, 6.45) is -0.282. The Balaban J connectivity index is 2.14. The maximum Gasteiger partial charge on any atom is 0.322 e. The van der Waals surface area contributed by atoms with Crippen LogP contribution in [-0.4, -0.2) is 48.8 Å². The van der Waals surface area contributed by atoms with Gasteiger partial charge in [0.1, 0.15) is 6.04 Å². The molecule has 15 heavy (non-hydrogen) atoms. The van der Waals surface area contributed by atoms with Gasteiger partial charge in [-0.2, -0.15) is 0 Å². The Bertz CT molecular complexity index is 238. The van der Waals surface area contributed by atoms with Gasteiger partial charge < -0.3 is 20.9 Å². The molecule has 7 heteroatoms. The van der Waals surface area contributed by atoms with E-state index in [2.05, 4.69) is 5.32 Å². The minimum absolute atomic E-state index is 0.0522. The summed E-state index contributed by atoms with van der Waals surface area (Å²) in [5.74, 6) is -3.86. The Labute approximate surface area is 85.6 Å². The second-order valence-corrected chi connectivity index (χ2v) is 3.62. The summed E-state index contributed by atoms with van der Waals surface area (Å²) in [6.45, 7) is -0.471. The van der Waals surface area contributed by atoms with Crippen LogP contribution in [0, 0.1) is 0 Å². The highest BCUT2D eigenvalue weighted by molar-refractivity contribution is 5.73. The van der Waals surface area contributed by atoms with E-state index in [0.29, 0.717) is 0 Å². The van der Waals surface area contributed by atoms with Crippen molar-refractivity contribution in [2.75, 3.05) is 19.8 Å². The standard InChI is InChI=1S/C8H14F2N2O3/c9-8(10)1-5(12-4-8)2-15-3-6(11)7(13)14/h5-6,12H,1-4,11H2,(H,13,14)/t5-,6?/m0/s1. The SMILES string of the molecule is NC(COC[C@@H]1CC(F)(F)CN1)C(=O)O. The van der Waals surface area contributed by atoms with E-state index >= 15 is 0 Å². The first-order valence-electron chi connectivity index (χ1n) is 4.58. The van der Waals surface area contributed by atoms with Crippen LogP contribution in [0.25, 0.3) is 0 Å². The average Bonchev–Trinajstić information content (AvgIpc) is 2.45. The molecule has 1 aliphatic heterocycles. The summed E-state index contributed by atoms with van der Waals surface area (Å²) in [5.41, 5.74) is 5.16. The van der Waals surface area contributed by atoms with Gasteiger partial charge in [-0.3, -0.25) is 4.79 Å². The lowest BCUT2D eigenvalue weighted by molar-refractivity contribution is -0.140. The minimum atomic E-state index is -2.69. The fourth-order valence-corrected chi connectivity index (χ4v) is 1.32. The van der Waals surface area contributed by atoms with E-state index in [4.69, 9.17) is 15.6 Å². The maximum atomic E-state index is 12.7. The number of nitrogens with one attached hydrogen (secondary N) is 1. The van der Waals surface area contributed by atoms with Gasteiger partial charge in [-0.15, -0.1) is 0 Å². The van der Waals surface area contributed by atoms with Crippen molar-refractivity contribution in [1.82, 2.24) is 5.32 Å². The molecule has 1 aliphatic rings. The van der Waals surface area contributed by atoms with Crippen LogP contribution >= 0.6 is 0 Å². The summed E-state index contributed by atoms with van der Waals surface area (Å²) in [6, 6.07) is -1.53. The molecular formula is C8H14F2N2O3. The molecular weight excluding hydrogens is 210 g/mol. The van der Waals surface area contributed by atoms with Crippen molar-refractivity contribution >= 4 is 5.97 Å². The Morgan fingerprint density at radius 1 is 1.73 bits per heavy atom. The van der Waals surface area contributed by atoms with Gasteiger partial charge in [0.2, 0.25) is 0 Å². The van der Waals surface area contributed by atoms with Crippen LogP contribution in [0.4, 0.5) is 8.78 Å². The quantitative estimate of drug-likeness (QED) is 0.581. The number of alkyl halides is 2. The van der Waals surface area contributed by atoms with Gasteiger partial charge in [0.05, 0.1) is 19.8 Å². The number of carboxylic acids is 1. The fourth-order valence-electron chi connectivity index (χ4n) is 1.32. The van der Waals surface area contributed by atoms with E-state index in [1.54, 1.807) is 0 Å². The molecule has 88 valence electrons. The van der Waals surface area contributed by atoms with Crippen LogP contribution < -0.4 is 11.1 Å². The molecule has 1 heterocycles. The third kappa shape index (κ3) is 4.06. The first-order valence-corrected chi connectivity index (χ1v) is 4.58. The summed E-state index contributed by atoms with van der Waals surface area (Å²) >= 11 is 0. The summed E-state index contributed by atoms with van der Waals surface area (Å²) in [5, 5.41) is 11.0. The smallest absolute Gasteiger partial charge is 0.322 e. The van der Waals surface area contributed by atoms with E-state index in [9.17, 15) is 13.6 Å². The minimum Gasteiger partial charge on any atom is -0.480 e. The zero-order chi connectivity index (χ0) is 11.5. The topological polar surface area (TPSA) is 84.6 Å². The van der Waals surface area contributed by atoms with Crippen LogP contribution in [0.5, 0.6) is 0 Å². The molecule has 5 nitrogen and oxygen atoms in total. The van der Waals surface area contributed by atoms with E-state index in [0.717, 1.165) is 0 Å². The number of hydrogen-bond donors (Lipinski definition) is 3. The first-order chi connectivity index (χ1) is 6.91. The van der Waals surface area contributed by atoms with Crippen LogP contribution in [0.15, 0.2) is 0 Å².